The molecular weight excluding hydrogens is 254 g/mol. The lowest BCUT2D eigenvalue weighted by atomic mass is 10.3. The molecule has 0 atom stereocenters. The molecule has 0 aliphatic carbocycles. The molecule has 0 aliphatic heterocycles. The van der Waals surface area contributed by atoms with Crippen LogP contribution in [0.25, 0.3) is 0 Å². The van der Waals surface area contributed by atoms with Gasteiger partial charge in [0.25, 0.3) is 5.92 Å². The summed E-state index contributed by atoms with van der Waals surface area (Å²) < 4.78 is 50.3. The molecule has 4 N–H and O–H groups in total. The second kappa shape index (κ2) is 4.94. The number of rotatable bonds is 5. The summed E-state index contributed by atoms with van der Waals surface area (Å²) in [6, 6.07) is 5.50. The molecule has 0 saturated carbocycles. The number of nitrogens with one attached hydrogen (secondary N) is 1. The summed E-state index contributed by atoms with van der Waals surface area (Å²) in [6.07, 6.45) is 0. The molecule has 0 aliphatic rings. The Kier molecular flexibility index (Phi) is 4.02. The van der Waals surface area contributed by atoms with E-state index in [1.165, 1.54) is 24.3 Å². The lowest BCUT2D eigenvalue weighted by Gasteiger charge is -2.14. The van der Waals surface area contributed by atoms with E-state index in [9.17, 15) is 17.2 Å². The molecule has 96 valence electrons. The van der Waals surface area contributed by atoms with E-state index in [0.29, 0.717) is 0 Å². The van der Waals surface area contributed by atoms with E-state index in [4.69, 9.17) is 10.8 Å². The topological polar surface area (TPSA) is 92.4 Å². The fourth-order valence-electron chi connectivity index (χ4n) is 1.06. The highest BCUT2D eigenvalue weighted by Gasteiger charge is 2.30. The van der Waals surface area contributed by atoms with Crippen molar-refractivity contribution in [1.29, 1.82) is 0 Å². The van der Waals surface area contributed by atoms with Crippen LogP contribution in [0.3, 0.4) is 0 Å². The number of aliphatic hydroxyl groups is 1. The lowest BCUT2D eigenvalue weighted by Crippen LogP contribution is -2.39. The Morgan fingerprint density at radius 2 is 1.94 bits per heavy atom. The third-order valence-corrected chi connectivity index (χ3v) is 3.44. The predicted octanol–water partition coefficient (Wildman–Crippen LogP) is 0.175. The van der Waals surface area contributed by atoms with Gasteiger partial charge < -0.3 is 10.8 Å². The highest BCUT2D eigenvalue weighted by Crippen LogP contribution is 2.18. The molecule has 0 bridgehead atoms. The number of para-hydroxylation sites is 1. The Morgan fingerprint density at radius 3 is 2.47 bits per heavy atom. The van der Waals surface area contributed by atoms with Crippen molar-refractivity contribution in [3.05, 3.63) is 24.3 Å². The van der Waals surface area contributed by atoms with Crippen molar-refractivity contribution in [2.45, 2.75) is 10.8 Å². The largest absolute Gasteiger partial charge is 0.398 e. The van der Waals surface area contributed by atoms with Gasteiger partial charge in [0, 0.05) is 0 Å². The Balaban J connectivity index is 2.88. The molecule has 0 fully saturated rings. The minimum atomic E-state index is -4.10. The quantitative estimate of drug-likeness (QED) is 0.663. The fraction of sp³-hybridized carbons (Fsp3) is 0.333. The van der Waals surface area contributed by atoms with Gasteiger partial charge in [-0.2, -0.15) is 0 Å². The molecule has 0 spiro atoms. The van der Waals surface area contributed by atoms with Crippen molar-refractivity contribution in [2.75, 3.05) is 18.9 Å². The summed E-state index contributed by atoms with van der Waals surface area (Å²) in [6.45, 7) is -2.61. The number of hydrogen-bond acceptors (Lipinski definition) is 4. The lowest BCUT2D eigenvalue weighted by molar-refractivity contribution is -0.0437. The molecule has 1 aromatic rings. The van der Waals surface area contributed by atoms with E-state index in [0.717, 1.165) is 0 Å². The summed E-state index contributed by atoms with van der Waals surface area (Å²) in [5.74, 6) is -3.50. The highest BCUT2D eigenvalue weighted by atomic mass is 32.2. The van der Waals surface area contributed by atoms with E-state index < -0.39 is 29.1 Å². The average Bonchev–Trinajstić information content (AvgIpc) is 2.27. The van der Waals surface area contributed by atoms with Crippen LogP contribution in [0.15, 0.2) is 29.2 Å². The van der Waals surface area contributed by atoms with E-state index >= 15 is 0 Å². The smallest absolute Gasteiger partial charge is 0.283 e. The van der Waals surface area contributed by atoms with Gasteiger partial charge in [-0.25, -0.2) is 21.9 Å². The Hall–Kier alpha value is -1.25. The normalized spacial score (nSPS) is 12.6. The van der Waals surface area contributed by atoms with Gasteiger partial charge in [0.2, 0.25) is 10.0 Å². The zero-order valence-corrected chi connectivity index (χ0v) is 9.55. The van der Waals surface area contributed by atoms with Crippen LogP contribution in [0.2, 0.25) is 0 Å². The number of hydrogen-bond donors (Lipinski definition) is 3. The van der Waals surface area contributed by atoms with Gasteiger partial charge in [-0.1, -0.05) is 12.1 Å². The molecule has 17 heavy (non-hydrogen) atoms. The number of nitrogens with two attached hydrogens (primary N) is 1. The summed E-state index contributed by atoms with van der Waals surface area (Å²) in [7, 11) is -4.10. The number of sulfonamides is 1. The molecule has 8 heteroatoms. The number of benzene rings is 1. The van der Waals surface area contributed by atoms with Crippen LogP contribution in [-0.2, 0) is 10.0 Å². The van der Waals surface area contributed by atoms with Crippen LogP contribution in [-0.4, -0.2) is 32.6 Å². The molecule has 0 radical (unpaired) electrons. The summed E-state index contributed by atoms with van der Waals surface area (Å²) in [5, 5.41) is 8.31. The van der Waals surface area contributed by atoms with Crippen LogP contribution in [0.5, 0.6) is 0 Å². The van der Waals surface area contributed by atoms with E-state index in [1.807, 2.05) is 0 Å². The second-order valence-electron chi connectivity index (χ2n) is 3.38. The SMILES string of the molecule is Nc1ccccc1S(=O)(=O)NCC(F)(F)CO. The van der Waals surface area contributed by atoms with Crippen molar-refractivity contribution >= 4 is 15.7 Å². The van der Waals surface area contributed by atoms with Crippen LogP contribution in [0, 0.1) is 0 Å². The molecule has 0 aromatic heterocycles. The second-order valence-corrected chi connectivity index (χ2v) is 5.11. The summed E-state index contributed by atoms with van der Waals surface area (Å²) in [5.41, 5.74) is 5.39. The van der Waals surface area contributed by atoms with Crippen molar-refractivity contribution < 1.29 is 22.3 Å². The minimum absolute atomic E-state index is 0.0349. The van der Waals surface area contributed by atoms with Gasteiger partial charge in [-0.3, -0.25) is 0 Å². The van der Waals surface area contributed by atoms with Gasteiger partial charge in [0.1, 0.15) is 11.5 Å². The first-order valence-electron chi connectivity index (χ1n) is 4.61. The third-order valence-electron chi connectivity index (χ3n) is 1.96. The number of halogens is 2. The molecule has 0 heterocycles. The zero-order chi connectivity index (χ0) is 13.1. The molecule has 1 aromatic carbocycles. The van der Waals surface area contributed by atoms with Gasteiger partial charge in [0.15, 0.2) is 0 Å². The number of anilines is 1. The summed E-state index contributed by atoms with van der Waals surface area (Å²) in [4.78, 5) is -0.270. The summed E-state index contributed by atoms with van der Waals surface area (Å²) >= 11 is 0. The van der Waals surface area contributed by atoms with Gasteiger partial charge in [-0.05, 0) is 12.1 Å². The van der Waals surface area contributed by atoms with Gasteiger partial charge in [-0.15, -0.1) is 0 Å². The first-order valence-corrected chi connectivity index (χ1v) is 6.10. The monoisotopic (exact) mass is 266 g/mol. The van der Waals surface area contributed by atoms with Crippen LogP contribution in [0.4, 0.5) is 14.5 Å². The van der Waals surface area contributed by atoms with Crippen LogP contribution < -0.4 is 10.5 Å². The van der Waals surface area contributed by atoms with E-state index in [1.54, 1.807) is 4.72 Å². The predicted molar refractivity (Wildman–Crippen MR) is 58.1 cm³/mol. The maximum absolute atomic E-state index is 12.7. The van der Waals surface area contributed by atoms with Crippen molar-refractivity contribution in [3.63, 3.8) is 0 Å². The Morgan fingerprint density at radius 1 is 1.35 bits per heavy atom. The van der Waals surface area contributed by atoms with E-state index in [2.05, 4.69) is 0 Å². The van der Waals surface area contributed by atoms with Gasteiger partial charge in [0.05, 0.1) is 12.2 Å². The standard InChI is InChI=1S/C9H12F2N2O3S/c10-9(11,6-14)5-13-17(15,16)8-4-2-1-3-7(8)12/h1-4,13-14H,5-6,12H2. The maximum atomic E-state index is 12.7. The number of aliphatic hydroxyl groups excluding tert-OH is 1. The number of alkyl halides is 2. The molecule has 1 rings (SSSR count). The molecule has 0 unspecified atom stereocenters. The average molecular weight is 266 g/mol. The molecular formula is C9H12F2N2O3S. The number of nitrogen functional groups attached to an aromatic ring is 1. The van der Waals surface area contributed by atoms with Crippen molar-refractivity contribution in [1.82, 2.24) is 4.72 Å². The molecule has 5 nitrogen and oxygen atoms in total. The third kappa shape index (κ3) is 3.62. The highest BCUT2D eigenvalue weighted by molar-refractivity contribution is 7.89. The van der Waals surface area contributed by atoms with Crippen molar-refractivity contribution in [3.8, 4) is 0 Å². The molecule has 0 amide bonds. The Labute approximate surface area is 97.3 Å². The fourth-order valence-corrected chi connectivity index (χ4v) is 2.25. The first-order chi connectivity index (χ1) is 7.78. The molecule has 0 saturated heterocycles. The van der Waals surface area contributed by atoms with Crippen molar-refractivity contribution in [2.24, 2.45) is 0 Å². The minimum Gasteiger partial charge on any atom is -0.398 e. The van der Waals surface area contributed by atoms with E-state index in [-0.39, 0.29) is 10.6 Å². The van der Waals surface area contributed by atoms with Crippen LogP contribution in [0.1, 0.15) is 0 Å². The van der Waals surface area contributed by atoms with Gasteiger partial charge >= 0.3 is 0 Å². The Bertz CT molecular complexity index is 491. The van der Waals surface area contributed by atoms with Crippen LogP contribution >= 0.6 is 0 Å². The zero-order valence-electron chi connectivity index (χ0n) is 8.73. The first kappa shape index (κ1) is 13.8. The maximum Gasteiger partial charge on any atom is 0.283 e.